The number of imidazole rings is 1. The maximum atomic E-state index is 10.1. The van der Waals surface area contributed by atoms with Gasteiger partial charge in [0, 0.05) is 32.0 Å². The highest BCUT2D eigenvalue weighted by molar-refractivity contribution is 6.30. The topological polar surface area (TPSA) is 40.8 Å². The van der Waals surface area contributed by atoms with Gasteiger partial charge in [0.15, 0.2) is 0 Å². The van der Waals surface area contributed by atoms with Crippen LogP contribution in [0.15, 0.2) is 24.5 Å². The summed E-state index contributed by atoms with van der Waals surface area (Å²) < 4.78 is 1.94. The number of halogens is 1. The number of aliphatic hydroxyl groups is 1. The van der Waals surface area contributed by atoms with Crippen molar-refractivity contribution >= 4 is 17.2 Å². The first-order chi connectivity index (χ1) is 9.08. The van der Waals surface area contributed by atoms with Crippen LogP contribution < -0.4 is 0 Å². The Hall–Kier alpha value is -1.10. The lowest BCUT2D eigenvalue weighted by atomic mass is 9.89. The van der Waals surface area contributed by atoms with Crippen molar-refractivity contribution in [1.29, 1.82) is 0 Å². The van der Waals surface area contributed by atoms with Crippen LogP contribution in [0, 0.1) is 0 Å². The highest BCUT2D eigenvalue weighted by Gasteiger charge is 2.40. The molecular weight excluding hydrogens is 262 g/mol. The molecule has 1 saturated heterocycles. The Labute approximate surface area is 117 Å². The lowest BCUT2D eigenvalue weighted by Gasteiger charge is -2.46. The molecule has 5 heteroatoms. The summed E-state index contributed by atoms with van der Waals surface area (Å²) in [5, 5.41) is 10.9. The average molecular weight is 280 g/mol. The van der Waals surface area contributed by atoms with Gasteiger partial charge in [-0.1, -0.05) is 24.9 Å². The highest BCUT2D eigenvalue weighted by atomic mass is 35.5. The van der Waals surface area contributed by atoms with Crippen LogP contribution in [0.25, 0.3) is 5.65 Å². The van der Waals surface area contributed by atoms with E-state index in [0.29, 0.717) is 5.02 Å². The van der Waals surface area contributed by atoms with Crippen molar-refractivity contribution in [3.8, 4) is 0 Å². The summed E-state index contributed by atoms with van der Waals surface area (Å²) in [6.45, 7) is 4.38. The summed E-state index contributed by atoms with van der Waals surface area (Å²) in [4.78, 5) is 6.77. The molecule has 0 spiro atoms. The van der Waals surface area contributed by atoms with Gasteiger partial charge in [-0.05, 0) is 18.6 Å². The van der Waals surface area contributed by atoms with Crippen LogP contribution in [0.2, 0.25) is 5.02 Å². The second-order valence-corrected chi connectivity index (χ2v) is 5.90. The number of rotatable bonds is 4. The maximum absolute atomic E-state index is 10.1. The van der Waals surface area contributed by atoms with Gasteiger partial charge >= 0.3 is 0 Å². The first-order valence-electron chi connectivity index (χ1n) is 6.66. The number of hydrogen-bond donors (Lipinski definition) is 1. The molecule has 0 atom stereocenters. The number of hydrogen-bond acceptors (Lipinski definition) is 3. The van der Waals surface area contributed by atoms with Crippen molar-refractivity contribution in [1.82, 2.24) is 14.3 Å². The van der Waals surface area contributed by atoms with Crippen molar-refractivity contribution in [3.05, 3.63) is 35.2 Å². The normalized spacial score (nSPS) is 18.7. The molecule has 1 aliphatic heterocycles. The Morgan fingerprint density at radius 3 is 2.89 bits per heavy atom. The second kappa shape index (κ2) is 4.78. The molecule has 0 saturated carbocycles. The molecule has 3 heterocycles. The summed E-state index contributed by atoms with van der Waals surface area (Å²) >= 11 is 5.95. The molecule has 2 aromatic rings. The fraction of sp³-hybridized carbons (Fsp3) is 0.500. The van der Waals surface area contributed by atoms with Crippen LogP contribution >= 0.6 is 11.6 Å². The van der Waals surface area contributed by atoms with Crippen LogP contribution in [0.3, 0.4) is 0 Å². The second-order valence-electron chi connectivity index (χ2n) is 5.46. The van der Waals surface area contributed by atoms with E-state index in [-0.39, 0.29) is 0 Å². The number of aromatic nitrogens is 2. The van der Waals surface area contributed by atoms with E-state index < -0.39 is 5.60 Å². The maximum Gasteiger partial charge on any atom is 0.137 e. The Balaban J connectivity index is 1.67. The highest BCUT2D eigenvalue weighted by Crippen LogP contribution is 2.27. The number of β-amino-alcohol motifs (C(OH)–C–C–N with tert-alkyl or cyclic N) is 1. The van der Waals surface area contributed by atoms with Crippen LogP contribution in [0.1, 0.15) is 25.5 Å². The van der Waals surface area contributed by atoms with Gasteiger partial charge in [-0.15, -0.1) is 0 Å². The molecule has 0 radical (unpaired) electrons. The minimum absolute atomic E-state index is 0.475. The van der Waals surface area contributed by atoms with E-state index in [1.54, 1.807) is 0 Å². The van der Waals surface area contributed by atoms with Crippen molar-refractivity contribution in [2.75, 3.05) is 13.1 Å². The SMILES string of the molecule is CCCC1(O)CN(Cc2cn3cc(Cl)ccc3n2)C1. The molecule has 4 nitrogen and oxygen atoms in total. The molecule has 0 amide bonds. The van der Waals surface area contributed by atoms with Gasteiger partial charge in [0.25, 0.3) is 0 Å². The molecule has 1 fully saturated rings. The molecule has 1 N–H and O–H groups in total. The van der Waals surface area contributed by atoms with Gasteiger partial charge < -0.3 is 9.51 Å². The summed E-state index contributed by atoms with van der Waals surface area (Å²) in [5.74, 6) is 0. The first kappa shape index (κ1) is 12.9. The monoisotopic (exact) mass is 279 g/mol. The molecular formula is C14H18ClN3O. The van der Waals surface area contributed by atoms with E-state index in [4.69, 9.17) is 11.6 Å². The standard InChI is InChI=1S/C14H18ClN3O/c1-2-5-14(19)9-17(10-14)7-12-8-18-6-11(15)3-4-13(18)16-12/h3-4,6,8,19H,2,5,7,9-10H2,1H3. The molecule has 0 bridgehead atoms. The third-order valence-electron chi connectivity index (χ3n) is 3.60. The smallest absolute Gasteiger partial charge is 0.137 e. The predicted molar refractivity (Wildman–Crippen MR) is 75.3 cm³/mol. The fourth-order valence-electron chi connectivity index (χ4n) is 2.84. The Bertz CT molecular complexity index is 589. The van der Waals surface area contributed by atoms with Crippen LogP contribution in [0.4, 0.5) is 0 Å². The third-order valence-corrected chi connectivity index (χ3v) is 3.83. The third kappa shape index (κ3) is 2.61. The minimum Gasteiger partial charge on any atom is -0.387 e. The van der Waals surface area contributed by atoms with E-state index >= 15 is 0 Å². The summed E-state index contributed by atoms with van der Waals surface area (Å²) in [6, 6.07) is 3.76. The van der Waals surface area contributed by atoms with E-state index in [1.807, 2.05) is 28.9 Å². The van der Waals surface area contributed by atoms with Gasteiger partial charge in [0.05, 0.1) is 16.3 Å². The van der Waals surface area contributed by atoms with Crippen molar-refractivity contribution in [3.63, 3.8) is 0 Å². The van der Waals surface area contributed by atoms with Crippen molar-refractivity contribution in [2.45, 2.75) is 31.9 Å². The van der Waals surface area contributed by atoms with Crippen LogP contribution in [-0.4, -0.2) is 38.1 Å². The van der Waals surface area contributed by atoms with E-state index in [0.717, 1.165) is 43.8 Å². The predicted octanol–water partition coefficient (Wildman–Crippen LogP) is 2.33. The van der Waals surface area contributed by atoms with Crippen LogP contribution in [-0.2, 0) is 6.54 Å². The average Bonchev–Trinajstić information content (AvgIpc) is 2.68. The Kier molecular flexibility index (Phi) is 3.25. The summed E-state index contributed by atoms with van der Waals surface area (Å²) in [6.07, 6.45) is 5.76. The zero-order chi connectivity index (χ0) is 13.5. The van der Waals surface area contributed by atoms with Gasteiger partial charge in [-0.2, -0.15) is 0 Å². The molecule has 0 unspecified atom stereocenters. The quantitative estimate of drug-likeness (QED) is 0.934. The minimum atomic E-state index is -0.475. The van der Waals surface area contributed by atoms with E-state index in [1.165, 1.54) is 0 Å². The Morgan fingerprint density at radius 1 is 1.37 bits per heavy atom. The molecule has 2 aromatic heterocycles. The summed E-state index contributed by atoms with van der Waals surface area (Å²) in [7, 11) is 0. The summed E-state index contributed by atoms with van der Waals surface area (Å²) in [5.41, 5.74) is 1.45. The number of nitrogens with zero attached hydrogens (tertiary/aromatic N) is 3. The lowest BCUT2D eigenvalue weighted by Crippen LogP contribution is -2.60. The molecule has 102 valence electrons. The fourth-order valence-corrected chi connectivity index (χ4v) is 3.01. The molecule has 0 aromatic carbocycles. The number of fused-ring (bicyclic) bond motifs is 1. The number of likely N-dealkylation sites (tertiary alicyclic amines) is 1. The van der Waals surface area contributed by atoms with Crippen LogP contribution in [0.5, 0.6) is 0 Å². The van der Waals surface area contributed by atoms with Gasteiger partial charge in [-0.25, -0.2) is 4.98 Å². The molecule has 19 heavy (non-hydrogen) atoms. The molecule has 1 aliphatic rings. The van der Waals surface area contributed by atoms with Crippen molar-refractivity contribution < 1.29 is 5.11 Å². The first-order valence-corrected chi connectivity index (χ1v) is 7.04. The number of pyridine rings is 1. The van der Waals surface area contributed by atoms with E-state index in [2.05, 4.69) is 16.8 Å². The molecule has 3 rings (SSSR count). The largest absolute Gasteiger partial charge is 0.387 e. The van der Waals surface area contributed by atoms with E-state index in [9.17, 15) is 5.11 Å². The lowest BCUT2D eigenvalue weighted by molar-refractivity contribution is -0.107. The zero-order valence-corrected chi connectivity index (χ0v) is 11.8. The molecule has 0 aliphatic carbocycles. The zero-order valence-electron chi connectivity index (χ0n) is 11.0. The van der Waals surface area contributed by atoms with Gasteiger partial charge in [0.1, 0.15) is 5.65 Å². The van der Waals surface area contributed by atoms with Crippen molar-refractivity contribution in [2.24, 2.45) is 0 Å². The Morgan fingerprint density at radius 2 is 2.16 bits per heavy atom. The van der Waals surface area contributed by atoms with Gasteiger partial charge in [-0.3, -0.25) is 4.90 Å². The van der Waals surface area contributed by atoms with Gasteiger partial charge in [0.2, 0.25) is 0 Å².